The molecular weight excluding hydrogens is 245 g/mol. The van der Waals surface area contributed by atoms with Crippen LogP contribution in [0.5, 0.6) is 0 Å². The Bertz CT molecular complexity index is 366. The summed E-state index contributed by atoms with van der Waals surface area (Å²) in [7, 11) is 1.96. The molecule has 90 valence electrons. The minimum Gasteiger partial charge on any atom is -0.396 e. The van der Waals surface area contributed by atoms with E-state index in [1.54, 1.807) is 6.07 Å². The third-order valence-corrected chi connectivity index (χ3v) is 3.44. The van der Waals surface area contributed by atoms with E-state index in [-0.39, 0.29) is 12.1 Å². The molecule has 0 bridgehead atoms. The molecule has 0 spiro atoms. The molecule has 2 nitrogen and oxygen atoms in total. The normalized spacial score (nSPS) is 11.6. The number of aliphatic hydroxyl groups excluding tert-OH is 1. The molecule has 0 fully saturated rings. The number of hydrogen-bond acceptors (Lipinski definition) is 2. The minimum absolute atomic E-state index is 0.147. The van der Waals surface area contributed by atoms with Crippen LogP contribution < -0.4 is 4.90 Å². The first-order valence-electron chi connectivity index (χ1n) is 5.18. The van der Waals surface area contributed by atoms with Gasteiger partial charge in [0.25, 0.3) is 0 Å². The fourth-order valence-electron chi connectivity index (χ4n) is 1.52. The van der Waals surface area contributed by atoms with Crippen molar-refractivity contribution in [3.63, 3.8) is 0 Å². The van der Waals surface area contributed by atoms with Gasteiger partial charge in [0.15, 0.2) is 0 Å². The molecule has 0 saturated heterocycles. The summed E-state index contributed by atoms with van der Waals surface area (Å²) in [5.74, 6) is 0. The van der Waals surface area contributed by atoms with Crippen LogP contribution >= 0.6 is 23.2 Å². The van der Waals surface area contributed by atoms with E-state index in [4.69, 9.17) is 28.3 Å². The van der Waals surface area contributed by atoms with Crippen LogP contribution in [0.4, 0.5) is 5.69 Å². The number of rotatable bonds is 4. The molecule has 4 heteroatoms. The van der Waals surface area contributed by atoms with Crippen molar-refractivity contribution in [3.05, 3.63) is 28.2 Å². The molecular formula is C12H17Cl2NO. The van der Waals surface area contributed by atoms with Gasteiger partial charge in [-0.2, -0.15) is 0 Å². The van der Waals surface area contributed by atoms with Gasteiger partial charge in [0.1, 0.15) is 0 Å². The molecule has 0 radical (unpaired) electrons. The zero-order valence-electron chi connectivity index (χ0n) is 9.80. The number of hydrogen-bond donors (Lipinski definition) is 1. The highest BCUT2D eigenvalue weighted by Crippen LogP contribution is 2.32. The number of benzene rings is 1. The lowest BCUT2D eigenvalue weighted by Crippen LogP contribution is -2.42. The van der Waals surface area contributed by atoms with Crippen LogP contribution in [-0.4, -0.2) is 24.3 Å². The summed E-state index contributed by atoms with van der Waals surface area (Å²) in [4.78, 5) is 2.06. The van der Waals surface area contributed by atoms with E-state index >= 15 is 0 Å². The second kappa shape index (κ2) is 5.26. The van der Waals surface area contributed by atoms with Gasteiger partial charge in [0, 0.05) is 24.2 Å². The van der Waals surface area contributed by atoms with Crippen molar-refractivity contribution >= 4 is 28.9 Å². The summed E-state index contributed by atoms with van der Waals surface area (Å²) >= 11 is 12.0. The van der Waals surface area contributed by atoms with Crippen molar-refractivity contribution in [1.29, 1.82) is 0 Å². The van der Waals surface area contributed by atoms with E-state index in [9.17, 15) is 0 Å². The highest BCUT2D eigenvalue weighted by atomic mass is 35.5. The Hall–Kier alpha value is -0.440. The van der Waals surface area contributed by atoms with Crippen molar-refractivity contribution in [3.8, 4) is 0 Å². The maximum absolute atomic E-state index is 9.03. The van der Waals surface area contributed by atoms with E-state index in [1.807, 2.05) is 19.2 Å². The summed E-state index contributed by atoms with van der Waals surface area (Å²) in [6, 6.07) is 5.43. The predicted octanol–water partition coefficient (Wildman–Crippen LogP) is 3.59. The molecule has 0 heterocycles. The fourth-order valence-corrected chi connectivity index (χ4v) is 2.06. The molecule has 0 aromatic heterocycles. The average molecular weight is 262 g/mol. The Balaban J connectivity index is 3.00. The van der Waals surface area contributed by atoms with Crippen LogP contribution in [-0.2, 0) is 0 Å². The summed E-state index contributed by atoms with van der Waals surface area (Å²) in [6.07, 6.45) is 0.683. The third kappa shape index (κ3) is 3.03. The smallest absolute Gasteiger partial charge is 0.0654 e. The second-order valence-corrected chi connectivity index (χ2v) is 5.28. The van der Waals surface area contributed by atoms with E-state index < -0.39 is 0 Å². The third-order valence-electron chi connectivity index (χ3n) is 2.90. The Morgan fingerprint density at radius 1 is 1.31 bits per heavy atom. The molecule has 1 aromatic rings. The van der Waals surface area contributed by atoms with Gasteiger partial charge in [0.05, 0.1) is 10.7 Å². The van der Waals surface area contributed by atoms with Gasteiger partial charge in [0.2, 0.25) is 0 Å². The zero-order valence-corrected chi connectivity index (χ0v) is 11.3. The quantitative estimate of drug-likeness (QED) is 0.896. The van der Waals surface area contributed by atoms with Crippen molar-refractivity contribution in [2.75, 3.05) is 18.6 Å². The SMILES string of the molecule is CN(c1ccc(Cl)cc1Cl)C(C)(C)CCO. The molecule has 1 aromatic carbocycles. The maximum Gasteiger partial charge on any atom is 0.0654 e. The Kier molecular flexibility index (Phi) is 4.48. The van der Waals surface area contributed by atoms with Crippen molar-refractivity contribution < 1.29 is 5.11 Å². The van der Waals surface area contributed by atoms with Crippen LogP contribution in [0, 0.1) is 0 Å². The van der Waals surface area contributed by atoms with Gasteiger partial charge in [-0.25, -0.2) is 0 Å². The molecule has 0 atom stereocenters. The van der Waals surface area contributed by atoms with Crippen molar-refractivity contribution in [2.45, 2.75) is 25.8 Å². The first-order chi connectivity index (χ1) is 7.38. The largest absolute Gasteiger partial charge is 0.396 e. The lowest BCUT2D eigenvalue weighted by atomic mass is 9.98. The van der Waals surface area contributed by atoms with Crippen molar-refractivity contribution in [1.82, 2.24) is 0 Å². The van der Waals surface area contributed by atoms with Crippen LogP contribution in [0.2, 0.25) is 10.0 Å². The van der Waals surface area contributed by atoms with Gasteiger partial charge < -0.3 is 10.0 Å². The van der Waals surface area contributed by atoms with Gasteiger partial charge in [-0.3, -0.25) is 0 Å². The van der Waals surface area contributed by atoms with Gasteiger partial charge in [-0.1, -0.05) is 23.2 Å². The van der Waals surface area contributed by atoms with E-state index in [0.29, 0.717) is 16.5 Å². The van der Waals surface area contributed by atoms with Crippen LogP contribution in [0.1, 0.15) is 20.3 Å². The summed E-state index contributed by atoms with van der Waals surface area (Å²) in [6.45, 7) is 4.28. The molecule has 0 unspecified atom stereocenters. The van der Waals surface area contributed by atoms with E-state index in [0.717, 1.165) is 5.69 Å². The molecule has 0 saturated carbocycles. The monoisotopic (exact) mass is 261 g/mol. The number of anilines is 1. The molecule has 1 rings (SSSR count). The molecule has 0 amide bonds. The van der Waals surface area contributed by atoms with Crippen LogP contribution in [0.25, 0.3) is 0 Å². The maximum atomic E-state index is 9.03. The second-order valence-electron chi connectivity index (χ2n) is 4.44. The summed E-state index contributed by atoms with van der Waals surface area (Å²) in [5.41, 5.74) is 0.774. The first-order valence-corrected chi connectivity index (χ1v) is 5.94. The van der Waals surface area contributed by atoms with E-state index in [1.165, 1.54) is 0 Å². The predicted molar refractivity (Wildman–Crippen MR) is 70.6 cm³/mol. The minimum atomic E-state index is -0.147. The fraction of sp³-hybridized carbons (Fsp3) is 0.500. The topological polar surface area (TPSA) is 23.5 Å². The molecule has 0 aliphatic rings. The number of halogens is 2. The number of nitrogens with zero attached hydrogens (tertiary/aromatic N) is 1. The highest BCUT2D eigenvalue weighted by Gasteiger charge is 2.24. The Labute approximate surface area is 107 Å². The summed E-state index contributed by atoms with van der Waals surface area (Å²) < 4.78 is 0. The Morgan fingerprint density at radius 3 is 2.44 bits per heavy atom. The molecule has 0 aliphatic heterocycles. The molecule has 1 N–H and O–H groups in total. The van der Waals surface area contributed by atoms with E-state index in [2.05, 4.69) is 18.7 Å². The lowest BCUT2D eigenvalue weighted by Gasteiger charge is -2.37. The van der Waals surface area contributed by atoms with Crippen molar-refractivity contribution in [2.24, 2.45) is 0 Å². The summed E-state index contributed by atoms with van der Waals surface area (Å²) in [5, 5.41) is 10.3. The average Bonchev–Trinajstić information content (AvgIpc) is 2.16. The lowest BCUT2D eigenvalue weighted by molar-refractivity contribution is 0.250. The van der Waals surface area contributed by atoms with Crippen LogP contribution in [0.15, 0.2) is 18.2 Å². The molecule has 16 heavy (non-hydrogen) atoms. The Morgan fingerprint density at radius 2 is 1.94 bits per heavy atom. The van der Waals surface area contributed by atoms with Gasteiger partial charge in [-0.05, 0) is 38.5 Å². The van der Waals surface area contributed by atoms with Crippen LogP contribution in [0.3, 0.4) is 0 Å². The zero-order chi connectivity index (χ0) is 12.3. The number of aliphatic hydroxyl groups is 1. The molecule has 0 aliphatic carbocycles. The highest BCUT2D eigenvalue weighted by molar-refractivity contribution is 6.36. The van der Waals surface area contributed by atoms with Gasteiger partial charge >= 0.3 is 0 Å². The first kappa shape index (κ1) is 13.6. The van der Waals surface area contributed by atoms with Gasteiger partial charge in [-0.15, -0.1) is 0 Å². The standard InChI is InChI=1S/C12H17Cl2NO/c1-12(2,6-7-16)15(3)11-5-4-9(13)8-10(11)14/h4-5,8,16H,6-7H2,1-3H3.